The maximum absolute atomic E-state index is 13.3. The monoisotopic (exact) mass is 271 g/mol. The SMILES string of the molecule is CC(C)=CCNCc1cc(Br)ccc1F. The van der Waals surface area contributed by atoms with E-state index in [4.69, 9.17) is 0 Å². The number of hydrogen-bond donors (Lipinski definition) is 1. The Morgan fingerprint density at radius 3 is 2.87 bits per heavy atom. The molecule has 0 spiro atoms. The quantitative estimate of drug-likeness (QED) is 0.651. The summed E-state index contributed by atoms with van der Waals surface area (Å²) in [7, 11) is 0. The highest BCUT2D eigenvalue weighted by Gasteiger charge is 2.01. The van der Waals surface area contributed by atoms with Crippen molar-refractivity contribution in [2.45, 2.75) is 20.4 Å². The van der Waals surface area contributed by atoms with E-state index in [9.17, 15) is 4.39 Å². The zero-order valence-electron chi connectivity index (χ0n) is 8.98. The molecule has 0 atom stereocenters. The summed E-state index contributed by atoms with van der Waals surface area (Å²) < 4.78 is 14.2. The molecule has 1 N–H and O–H groups in total. The average molecular weight is 272 g/mol. The van der Waals surface area contributed by atoms with E-state index in [2.05, 4.69) is 27.3 Å². The van der Waals surface area contributed by atoms with E-state index in [1.165, 1.54) is 11.6 Å². The van der Waals surface area contributed by atoms with Gasteiger partial charge in [0.2, 0.25) is 0 Å². The minimum Gasteiger partial charge on any atom is -0.309 e. The fourth-order valence-corrected chi connectivity index (χ4v) is 1.57. The number of hydrogen-bond acceptors (Lipinski definition) is 1. The van der Waals surface area contributed by atoms with Crippen LogP contribution in [0, 0.1) is 5.82 Å². The second-order valence-corrected chi connectivity index (χ2v) is 4.56. The van der Waals surface area contributed by atoms with E-state index in [0.717, 1.165) is 11.0 Å². The van der Waals surface area contributed by atoms with Gasteiger partial charge in [-0.1, -0.05) is 27.6 Å². The van der Waals surface area contributed by atoms with Gasteiger partial charge < -0.3 is 5.32 Å². The van der Waals surface area contributed by atoms with E-state index in [1.807, 2.05) is 13.8 Å². The van der Waals surface area contributed by atoms with E-state index < -0.39 is 0 Å². The van der Waals surface area contributed by atoms with Crippen LogP contribution in [0.2, 0.25) is 0 Å². The van der Waals surface area contributed by atoms with Crippen molar-refractivity contribution in [2.24, 2.45) is 0 Å². The first-order valence-electron chi connectivity index (χ1n) is 4.87. The van der Waals surface area contributed by atoms with Gasteiger partial charge in [-0.25, -0.2) is 4.39 Å². The van der Waals surface area contributed by atoms with Gasteiger partial charge in [-0.05, 0) is 32.0 Å². The number of halogens is 2. The van der Waals surface area contributed by atoms with Gasteiger partial charge in [-0.15, -0.1) is 0 Å². The second-order valence-electron chi connectivity index (χ2n) is 3.65. The predicted molar refractivity (Wildman–Crippen MR) is 65.2 cm³/mol. The molecule has 0 aliphatic carbocycles. The van der Waals surface area contributed by atoms with Crippen LogP contribution >= 0.6 is 15.9 Å². The molecule has 0 heterocycles. The molecule has 1 nitrogen and oxygen atoms in total. The minimum atomic E-state index is -0.164. The van der Waals surface area contributed by atoms with Crippen LogP contribution in [0.4, 0.5) is 4.39 Å². The van der Waals surface area contributed by atoms with Crippen molar-refractivity contribution in [3.05, 3.63) is 45.7 Å². The third-order valence-corrected chi connectivity index (χ3v) is 2.47. The maximum atomic E-state index is 13.3. The molecule has 0 bridgehead atoms. The Hall–Kier alpha value is -0.670. The van der Waals surface area contributed by atoms with Crippen molar-refractivity contribution in [1.82, 2.24) is 5.32 Å². The summed E-state index contributed by atoms with van der Waals surface area (Å²) in [6.45, 7) is 5.41. The summed E-state index contributed by atoms with van der Waals surface area (Å²) in [6, 6.07) is 4.97. The summed E-state index contributed by atoms with van der Waals surface area (Å²) in [5.41, 5.74) is 1.95. The van der Waals surface area contributed by atoms with Crippen molar-refractivity contribution in [3.63, 3.8) is 0 Å². The Kier molecular flexibility index (Phi) is 4.99. The minimum absolute atomic E-state index is 0.164. The summed E-state index contributed by atoms with van der Waals surface area (Å²) >= 11 is 3.32. The second kappa shape index (κ2) is 6.03. The molecule has 15 heavy (non-hydrogen) atoms. The summed E-state index contributed by atoms with van der Waals surface area (Å²) in [5, 5.41) is 3.16. The largest absolute Gasteiger partial charge is 0.309 e. The zero-order valence-corrected chi connectivity index (χ0v) is 10.6. The van der Waals surface area contributed by atoms with Crippen LogP contribution < -0.4 is 5.32 Å². The van der Waals surface area contributed by atoms with Gasteiger partial charge in [0, 0.05) is 23.1 Å². The number of nitrogens with one attached hydrogen (secondary N) is 1. The van der Waals surface area contributed by atoms with Crippen LogP contribution in [0.3, 0.4) is 0 Å². The maximum Gasteiger partial charge on any atom is 0.127 e. The van der Waals surface area contributed by atoms with Crippen LogP contribution in [0.1, 0.15) is 19.4 Å². The topological polar surface area (TPSA) is 12.0 Å². The predicted octanol–water partition coefficient (Wildman–Crippen LogP) is 3.64. The Labute approximate surface area is 98.5 Å². The third kappa shape index (κ3) is 4.58. The Bertz CT molecular complexity index is 357. The molecule has 0 radical (unpaired) electrons. The third-order valence-electron chi connectivity index (χ3n) is 1.98. The molecule has 0 aromatic heterocycles. The van der Waals surface area contributed by atoms with Gasteiger partial charge in [0.1, 0.15) is 5.82 Å². The average Bonchev–Trinajstić information content (AvgIpc) is 2.17. The molecule has 0 saturated carbocycles. The first kappa shape index (κ1) is 12.4. The molecule has 82 valence electrons. The smallest absolute Gasteiger partial charge is 0.127 e. The standard InChI is InChI=1S/C12H15BrFN/c1-9(2)5-6-15-8-10-7-11(13)3-4-12(10)14/h3-5,7,15H,6,8H2,1-2H3. The Morgan fingerprint density at radius 1 is 1.47 bits per heavy atom. The van der Waals surface area contributed by atoms with Gasteiger partial charge in [-0.2, -0.15) is 0 Å². The molecule has 0 amide bonds. The molecule has 0 saturated heterocycles. The molecular formula is C12H15BrFN. The van der Waals surface area contributed by atoms with Crippen molar-refractivity contribution < 1.29 is 4.39 Å². The van der Waals surface area contributed by atoms with Crippen LogP contribution in [0.5, 0.6) is 0 Å². The Morgan fingerprint density at radius 2 is 2.20 bits per heavy atom. The van der Waals surface area contributed by atoms with Gasteiger partial charge in [0.25, 0.3) is 0 Å². The van der Waals surface area contributed by atoms with Crippen LogP contribution in [0.25, 0.3) is 0 Å². The summed E-state index contributed by atoms with van der Waals surface area (Å²) in [4.78, 5) is 0. The number of allylic oxidation sites excluding steroid dienone is 1. The molecule has 1 aromatic rings. The highest BCUT2D eigenvalue weighted by molar-refractivity contribution is 9.10. The lowest BCUT2D eigenvalue weighted by Gasteiger charge is -2.04. The van der Waals surface area contributed by atoms with E-state index in [0.29, 0.717) is 12.1 Å². The van der Waals surface area contributed by atoms with E-state index >= 15 is 0 Å². The lowest BCUT2D eigenvalue weighted by Crippen LogP contribution is -2.14. The highest BCUT2D eigenvalue weighted by Crippen LogP contribution is 2.15. The molecule has 0 fully saturated rings. The molecule has 0 aliphatic heterocycles. The highest BCUT2D eigenvalue weighted by atomic mass is 79.9. The Balaban J connectivity index is 2.50. The lowest BCUT2D eigenvalue weighted by atomic mass is 10.2. The van der Waals surface area contributed by atoms with Crippen molar-refractivity contribution in [1.29, 1.82) is 0 Å². The van der Waals surface area contributed by atoms with Crippen LogP contribution in [-0.2, 0) is 6.54 Å². The fourth-order valence-electron chi connectivity index (χ4n) is 1.16. The first-order valence-corrected chi connectivity index (χ1v) is 5.67. The molecule has 0 unspecified atom stereocenters. The van der Waals surface area contributed by atoms with Gasteiger partial charge in [0.05, 0.1) is 0 Å². The van der Waals surface area contributed by atoms with Gasteiger partial charge in [0.15, 0.2) is 0 Å². The number of rotatable bonds is 4. The molecule has 0 aliphatic rings. The number of benzene rings is 1. The normalized spacial score (nSPS) is 10.1. The van der Waals surface area contributed by atoms with E-state index in [-0.39, 0.29) is 5.82 Å². The summed E-state index contributed by atoms with van der Waals surface area (Å²) in [6.07, 6.45) is 2.08. The molecular weight excluding hydrogens is 257 g/mol. The van der Waals surface area contributed by atoms with Crippen LogP contribution in [-0.4, -0.2) is 6.54 Å². The zero-order chi connectivity index (χ0) is 11.3. The first-order chi connectivity index (χ1) is 7.09. The van der Waals surface area contributed by atoms with Crippen molar-refractivity contribution in [2.75, 3.05) is 6.54 Å². The lowest BCUT2D eigenvalue weighted by molar-refractivity contribution is 0.596. The molecule has 1 rings (SSSR count). The molecule has 3 heteroatoms. The van der Waals surface area contributed by atoms with Gasteiger partial charge >= 0.3 is 0 Å². The molecule has 1 aromatic carbocycles. The van der Waals surface area contributed by atoms with Crippen molar-refractivity contribution >= 4 is 15.9 Å². The van der Waals surface area contributed by atoms with Gasteiger partial charge in [-0.3, -0.25) is 0 Å². The van der Waals surface area contributed by atoms with Crippen LogP contribution in [0.15, 0.2) is 34.3 Å². The van der Waals surface area contributed by atoms with E-state index in [1.54, 1.807) is 12.1 Å². The summed E-state index contributed by atoms with van der Waals surface area (Å²) in [5.74, 6) is -0.164. The fraction of sp³-hybridized carbons (Fsp3) is 0.333. The van der Waals surface area contributed by atoms with Crippen molar-refractivity contribution in [3.8, 4) is 0 Å².